The zero-order valence-electron chi connectivity index (χ0n) is 16.2. The van der Waals surface area contributed by atoms with Crippen LogP contribution in [0.25, 0.3) is 0 Å². The molecule has 2 fully saturated rings. The summed E-state index contributed by atoms with van der Waals surface area (Å²) in [6, 6.07) is 15.1. The normalized spacial score (nSPS) is 25.0. The van der Waals surface area contributed by atoms with Gasteiger partial charge in [0, 0.05) is 55.5 Å². The predicted octanol–water partition coefficient (Wildman–Crippen LogP) is 4.71. The Kier molecular flexibility index (Phi) is 5.70. The summed E-state index contributed by atoms with van der Waals surface area (Å²) in [5.74, 6) is 0.648. The number of carbonyl (C=O) groups is 1. The molecule has 0 unspecified atom stereocenters. The van der Waals surface area contributed by atoms with E-state index >= 15 is 0 Å². The van der Waals surface area contributed by atoms with Crippen LogP contribution in [-0.4, -0.2) is 41.4 Å². The van der Waals surface area contributed by atoms with Crippen LogP contribution in [0.2, 0.25) is 5.02 Å². The molecule has 0 N–H and O–H groups in total. The number of carbonyl (C=O) groups excluding carboxylic acids is 1. The quantitative estimate of drug-likeness (QED) is 0.742. The number of amides is 1. The van der Waals surface area contributed by atoms with E-state index in [-0.39, 0.29) is 23.7 Å². The first kappa shape index (κ1) is 19.4. The first-order chi connectivity index (χ1) is 13.5. The molecule has 2 aromatic rings. The molecule has 0 spiro atoms. The highest BCUT2D eigenvalue weighted by atomic mass is 35.5. The van der Waals surface area contributed by atoms with E-state index in [0.717, 1.165) is 43.2 Å². The van der Waals surface area contributed by atoms with Crippen molar-refractivity contribution in [3.8, 4) is 0 Å². The van der Waals surface area contributed by atoms with Gasteiger partial charge in [-0.1, -0.05) is 42.8 Å². The Labute approximate surface area is 171 Å². The lowest BCUT2D eigenvalue weighted by Crippen LogP contribution is -2.47. The molecule has 0 aliphatic carbocycles. The molecule has 0 radical (unpaired) electrons. The highest BCUT2D eigenvalue weighted by Gasteiger charge is 2.46. The molecule has 28 heavy (non-hydrogen) atoms. The van der Waals surface area contributed by atoms with E-state index in [4.69, 9.17) is 11.6 Å². The summed E-state index contributed by atoms with van der Waals surface area (Å²) < 4.78 is 13.4. The summed E-state index contributed by atoms with van der Waals surface area (Å²) in [6.45, 7) is 5.48. The van der Waals surface area contributed by atoms with Gasteiger partial charge in [-0.2, -0.15) is 0 Å². The van der Waals surface area contributed by atoms with E-state index in [2.05, 4.69) is 21.9 Å². The molecule has 0 bridgehead atoms. The molecule has 2 heterocycles. The topological polar surface area (TPSA) is 23.6 Å². The minimum atomic E-state index is -0.215. The van der Waals surface area contributed by atoms with Gasteiger partial charge in [-0.25, -0.2) is 4.39 Å². The lowest BCUT2D eigenvalue weighted by atomic mass is 9.81. The van der Waals surface area contributed by atoms with E-state index in [1.54, 1.807) is 0 Å². The average Bonchev–Trinajstić information content (AvgIpc) is 3.08. The number of nitrogens with zero attached hydrogens (tertiary/aromatic N) is 2. The molecule has 0 saturated carbocycles. The lowest BCUT2D eigenvalue weighted by Gasteiger charge is -2.39. The molecule has 2 aliphatic heterocycles. The minimum Gasteiger partial charge on any atom is -0.339 e. The fourth-order valence-electron chi connectivity index (χ4n) is 4.85. The van der Waals surface area contributed by atoms with Crippen LogP contribution >= 0.6 is 11.6 Å². The molecule has 4 rings (SSSR count). The second kappa shape index (κ2) is 8.22. The molecular weight excluding hydrogens is 375 g/mol. The highest BCUT2D eigenvalue weighted by molar-refractivity contribution is 6.30. The minimum absolute atomic E-state index is 0.215. The Morgan fingerprint density at radius 3 is 2.50 bits per heavy atom. The number of piperidine rings is 1. The predicted molar refractivity (Wildman–Crippen MR) is 110 cm³/mol. The summed E-state index contributed by atoms with van der Waals surface area (Å²) in [7, 11) is 0. The first-order valence-corrected chi connectivity index (χ1v) is 10.4. The molecule has 2 aliphatic rings. The Bertz CT molecular complexity index is 824. The molecular formula is C23H26ClFN2O. The molecule has 3 atom stereocenters. The lowest BCUT2D eigenvalue weighted by molar-refractivity contribution is -0.132. The van der Waals surface area contributed by atoms with Crippen LogP contribution in [0, 0.1) is 11.7 Å². The van der Waals surface area contributed by atoms with Crippen LogP contribution in [0.5, 0.6) is 0 Å². The fourth-order valence-corrected chi connectivity index (χ4v) is 4.98. The maximum Gasteiger partial charge on any atom is 0.222 e. The van der Waals surface area contributed by atoms with Gasteiger partial charge in [0.1, 0.15) is 5.82 Å². The number of likely N-dealkylation sites (tertiary alicyclic amines) is 2. The Morgan fingerprint density at radius 1 is 1.11 bits per heavy atom. The molecule has 2 aromatic carbocycles. The van der Waals surface area contributed by atoms with Gasteiger partial charge in [0.15, 0.2) is 0 Å². The number of benzene rings is 2. The number of rotatable bonds is 4. The second-order valence-electron chi connectivity index (χ2n) is 7.94. The monoisotopic (exact) mass is 400 g/mol. The van der Waals surface area contributed by atoms with Crippen molar-refractivity contribution in [1.29, 1.82) is 0 Å². The van der Waals surface area contributed by atoms with E-state index < -0.39 is 0 Å². The third kappa shape index (κ3) is 3.94. The zero-order valence-corrected chi connectivity index (χ0v) is 16.9. The van der Waals surface area contributed by atoms with Crippen molar-refractivity contribution in [3.63, 3.8) is 0 Å². The standard InChI is InChI=1S/C23H26ClFN2O/c1-2-23(28)27-15-20(17-5-9-19(25)10-6-17)21-14-26(12-11-22(21)27)13-16-3-7-18(24)8-4-16/h3-10,20-22H,2,11-15H2,1H3/t20-,21-,22-/m1/s1. The van der Waals surface area contributed by atoms with Gasteiger partial charge in [-0.15, -0.1) is 0 Å². The van der Waals surface area contributed by atoms with Gasteiger partial charge in [-0.05, 0) is 41.8 Å². The van der Waals surface area contributed by atoms with Gasteiger partial charge in [0.05, 0.1) is 0 Å². The molecule has 0 aromatic heterocycles. The van der Waals surface area contributed by atoms with Crippen molar-refractivity contribution in [3.05, 3.63) is 70.5 Å². The van der Waals surface area contributed by atoms with E-state index in [9.17, 15) is 9.18 Å². The van der Waals surface area contributed by atoms with Crippen molar-refractivity contribution in [2.75, 3.05) is 19.6 Å². The Hall–Kier alpha value is -1.91. The largest absolute Gasteiger partial charge is 0.339 e. The summed E-state index contributed by atoms with van der Waals surface area (Å²) in [5.41, 5.74) is 2.39. The Morgan fingerprint density at radius 2 is 1.82 bits per heavy atom. The summed E-state index contributed by atoms with van der Waals surface area (Å²) in [5, 5.41) is 0.753. The van der Waals surface area contributed by atoms with E-state index in [1.165, 1.54) is 17.7 Å². The van der Waals surface area contributed by atoms with Crippen LogP contribution in [0.15, 0.2) is 48.5 Å². The Balaban J connectivity index is 1.55. The van der Waals surface area contributed by atoms with Crippen LogP contribution in [0.3, 0.4) is 0 Å². The van der Waals surface area contributed by atoms with Crippen molar-refractivity contribution in [2.24, 2.45) is 5.92 Å². The molecule has 5 heteroatoms. The molecule has 148 valence electrons. The average molecular weight is 401 g/mol. The third-order valence-corrected chi connectivity index (χ3v) is 6.51. The van der Waals surface area contributed by atoms with Gasteiger partial charge < -0.3 is 4.90 Å². The van der Waals surface area contributed by atoms with Crippen molar-refractivity contribution in [1.82, 2.24) is 9.80 Å². The van der Waals surface area contributed by atoms with Gasteiger partial charge in [-0.3, -0.25) is 9.69 Å². The van der Waals surface area contributed by atoms with Crippen LogP contribution < -0.4 is 0 Å². The van der Waals surface area contributed by atoms with Gasteiger partial charge in [0.2, 0.25) is 5.91 Å². The van der Waals surface area contributed by atoms with Crippen LogP contribution in [-0.2, 0) is 11.3 Å². The maximum atomic E-state index is 13.4. The fraction of sp³-hybridized carbons (Fsp3) is 0.435. The van der Waals surface area contributed by atoms with Crippen molar-refractivity contribution < 1.29 is 9.18 Å². The zero-order chi connectivity index (χ0) is 19.7. The number of hydrogen-bond donors (Lipinski definition) is 0. The van der Waals surface area contributed by atoms with Crippen molar-refractivity contribution >= 4 is 17.5 Å². The summed E-state index contributed by atoms with van der Waals surface area (Å²) in [6.07, 6.45) is 1.52. The van der Waals surface area contributed by atoms with Gasteiger partial charge in [0.25, 0.3) is 0 Å². The number of fused-ring (bicyclic) bond motifs is 1. The van der Waals surface area contributed by atoms with Crippen molar-refractivity contribution in [2.45, 2.75) is 38.3 Å². The molecule has 2 saturated heterocycles. The first-order valence-electron chi connectivity index (χ1n) is 10.1. The molecule has 3 nitrogen and oxygen atoms in total. The smallest absolute Gasteiger partial charge is 0.222 e. The highest BCUT2D eigenvalue weighted by Crippen LogP contribution is 2.42. The third-order valence-electron chi connectivity index (χ3n) is 6.26. The number of hydrogen-bond acceptors (Lipinski definition) is 2. The SMILES string of the molecule is CCC(=O)N1C[C@H](c2ccc(F)cc2)[C@H]2CN(Cc3ccc(Cl)cc3)CC[C@H]21. The summed E-state index contributed by atoms with van der Waals surface area (Å²) in [4.78, 5) is 17.1. The van der Waals surface area contributed by atoms with E-state index in [1.807, 2.05) is 31.2 Å². The van der Waals surface area contributed by atoms with Gasteiger partial charge >= 0.3 is 0 Å². The maximum absolute atomic E-state index is 13.4. The van der Waals surface area contributed by atoms with Crippen LogP contribution in [0.1, 0.15) is 36.8 Å². The summed E-state index contributed by atoms with van der Waals surface area (Å²) >= 11 is 6.01. The molecule has 1 amide bonds. The second-order valence-corrected chi connectivity index (χ2v) is 8.38. The number of halogens is 2. The van der Waals surface area contributed by atoms with E-state index in [0.29, 0.717) is 12.3 Å². The van der Waals surface area contributed by atoms with Crippen LogP contribution in [0.4, 0.5) is 4.39 Å².